The van der Waals surface area contributed by atoms with Gasteiger partial charge in [-0.25, -0.2) is 13.1 Å². The van der Waals surface area contributed by atoms with Crippen molar-refractivity contribution in [2.75, 3.05) is 13.2 Å². The molecule has 0 amide bonds. The molecule has 1 aromatic carbocycles. The van der Waals surface area contributed by atoms with Gasteiger partial charge in [-0.2, -0.15) is 0 Å². The van der Waals surface area contributed by atoms with Crippen LogP contribution in [0.1, 0.15) is 19.4 Å². The second-order valence-corrected chi connectivity index (χ2v) is 6.38. The van der Waals surface area contributed by atoms with Crippen LogP contribution in [0.15, 0.2) is 24.3 Å². The van der Waals surface area contributed by atoms with Gasteiger partial charge in [-0.1, -0.05) is 29.8 Å². The monoisotopic (exact) mass is 291 g/mol. The Morgan fingerprint density at radius 1 is 1.33 bits per heavy atom. The lowest BCUT2D eigenvalue weighted by molar-refractivity contribution is 0.0834. The summed E-state index contributed by atoms with van der Waals surface area (Å²) < 4.78 is 31.3. The minimum Gasteiger partial charge on any atom is -0.377 e. The summed E-state index contributed by atoms with van der Waals surface area (Å²) in [7, 11) is -3.37. The molecular weight excluding hydrogens is 274 g/mol. The number of nitrogens with one attached hydrogen (secondary N) is 1. The smallest absolute Gasteiger partial charge is 0.215 e. The number of sulfonamides is 1. The lowest BCUT2D eigenvalue weighted by Gasteiger charge is -2.10. The number of ether oxygens (including phenoxy) is 1. The van der Waals surface area contributed by atoms with Gasteiger partial charge in [-0.05, 0) is 25.5 Å². The average molecular weight is 292 g/mol. The molecule has 0 aromatic heterocycles. The fourth-order valence-corrected chi connectivity index (χ4v) is 2.80. The van der Waals surface area contributed by atoms with Crippen LogP contribution < -0.4 is 4.72 Å². The molecule has 0 atom stereocenters. The van der Waals surface area contributed by atoms with E-state index >= 15 is 0 Å². The third-order valence-electron chi connectivity index (χ3n) is 2.18. The van der Waals surface area contributed by atoms with E-state index in [9.17, 15) is 8.42 Å². The van der Waals surface area contributed by atoms with Crippen LogP contribution in [0.2, 0.25) is 5.02 Å². The molecule has 0 aliphatic rings. The molecule has 0 aliphatic heterocycles. The first-order chi connectivity index (χ1) is 8.41. The third-order valence-corrected chi connectivity index (χ3v) is 3.88. The molecule has 1 rings (SSSR count). The molecule has 102 valence electrons. The van der Waals surface area contributed by atoms with Gasteiger partial charge in [-0.15, -0.1) is 0 Å². The maximum Gasteiger partial charge on any atom is 0.215 e. The molecular formula is C12H18ClNO3S. The molecule has 0 bridgehead atoms. The first-order valence-electron chi connectivity index (χ1n) is 5.73. The van der Waals surface area contributed by atoms with Crippen molar-refractivity contribution in [3.63, 3.8) is 0 Å². The standard InChI is InChI=1S/C12H18ClNO3S/c1-10(2)17-8-7-14-18(15,16)9-11-5-3-4-6-12(11)13/h3-6,10,14H,7-9H2,1-2H3. The molecule has 1 aromatic rings. The number of rotatable bonds is 7. The van der Waals surface area contributed by atoms with Gasteiger partial charge in [0.05, 0.1) is 18.5 Å². The summed E-state index contributed by atoms with van der Waals surface area (Å²) in [6, 6.07) is 6.90. The Bertz CT molecular complexity index is 474. The van der Waals surface area contributed by atoms with Gasteiger partial charge in [0.25, 0.3) is 0 Å². The number of hydrogen-bond donors (Lipinski definition) is 1. The minimum atomic E-state index is -3.37. The van der Waals surface area contributed by atoms with Crippen molar-refractivity contribution < 1.29 is 13.2 Å². The zero-order chi connectivity index (χ0) is 13.6. The van der Waals surface area contributed by atoms with Crippen molar-refractivity contribution in [1.29, 1.82) is 0 Å². The van der Waals surface area contributed by atoms with Gasteiger partial charge < -0.3 is 4.74 Å². The Morgan fingerprint density at radius 2 is 2.00 bits per heavy atom. The van der Waals surface area contributed by atoms with Crippen LogP contribution in [-0.4, -0.2) is 27.7 Å². The van der Waals surface area contributed by atoms with Crippen LogP contribution in [0.5, 0.6) is 0 Å². The molecule has 18 heavy (non-hydrogen) atoms. The molecule has 6 heteroatoms. The molecule has 0 saturated heterocycles. The summed E-state index contributed by atoms with van der Waals surface area (Å²) in [5, 5.41) is 0.460. The zero-order valence-electron chi connectivity index (χ0n) is 10.5. The summed E-state index contributed by atoms with van der Waals surface area (Å²) in [5.74, 6) is -0.117. The number of halogens is 1. The lowest BCUT2D eigenvalue weighted by atomic mass is 10.2. The highest BCUT2D eigenvalue weighted by atomic mass is 35.5. The number of benzene rings is 1. The molecule has 0 heterocycles. The highest BCUT2D eigenvalue weighted by Crippen LogP contribution is 2.16. The Kier molecular flexibility index (Phi) is 6.08. The normalized spacial score (nSPS) is 12.0. The Morgan fingerprint density at radius 3 is 2.61 bits per heavy atom. The molecule has 0 saturated carbocycles. The van der Waals surface area contributed by atoms with Crippen LogP contribution in [-0.2, 0) is 20.5 Å². The average Bonchev–Trinajstić information content (AvgIpc) is 2.27. The van der Waals surface area contributed by atoms with E-state index < -0.39 is 10.0 Å². The second kappa shape index (κ2) is 7.09. The Labute approximate surface area is 113 Å². The summed E-state index contributed by atoms with van der Waals surface area (Å²) in [4.78, 5) is 0. The van der Waals surface area contributed by atoms with Gasteiger partial charge in [0.2, 0.25) is 10.0 Å². The summed E-state index contributed by atoms with van der Waals surface area (Å²) in [6.07, 6.45) is 0.0954. The van der Waals surface area contributed by atoms with Crippen molar-refractivity contribution in [2.45, 2.75) is 25.7 Å². The predicted octanol–water partition coefficient (Wildman–Crippen LogP) is 2.18. The van der Waals surface area contributed by atoms with E-state index in [4.69, 9.17) is 16.3 Å². The summed E-state index contributed by atoms with van der Waals surface area (Å²) in [6.45, 7) is 4.43. The van der Waals surface area contributed by atoms with Gasteiger partial charge in [0, 0.05) is 11.6 Å². The molecule has 0 fully saturated rings. The van der Waals surface area contributed by atoms with Crippen LogP contribution in [0.4, 0.5) is 0 Å². The molecule has 0 spiro atoms. The first-order valence-corrected chi connectivity index (χ1v) is 7.76. The highest BCUT2D eigenvalue weighted by Gasteiger charge is 2.12. The maximum absolute atomic E-state index is 11.8. The lowest BCUT2D eigenvalue weighted by Crippen LogP contribution is -2.29. The van der Waals surface area contributed by atoms with Gasteiger partial charge in [-0.3, -0.25) is 0 Å². The quantitative estimate of drug-likeness (QED) is 0.784. The van der Waals surface area contributed by atoms with E-state index in [1.807, 2.05) is 13.8 Å². The third kappa shape index (κ3) is 5.82. The van der Waals surface area contributed by atoms with Gasteiger partial charge in [0.15, 0.2) is 0 Å². The SMILES string of the molecule is CC(C)OCCNS(=O)(=O)Cc1ccccc1Cl. The Balaban J connectivity index is 2.48. The predicted molar refractivity (Wildman–Crippen MR) is 73.2 cm³/mol. The molecule has 0 radical (unpaired) electrons. The van der Waals surface area contributed by atoms with E-state index in [1.165, 1.54) is 0 Å². The van der Waals surface area contributed by atoms with Gasteiger partial charge >= 0.3 is 0 Å². The molecule has 1 N–H and O–H groups in total. The van der Waals surface area contributed by atoms with Crippen LogP contribution >= 0.6 is 11.6 Å². The van der Waals surface area contributed by atoms with Crippen LogP contribution in [0.25, 0.3) is 0 Å². The molecule has 4 nitrogen and oxygen atoms in total. The number of hydrogen-bond acceptors (Lipinski definition) is 3. The van der Waals surface area contributed by atoms with Crippen molar-refractivity contribution in [3.8, 4) is 0 Å². The van der Waals surface area contributed by atoms with Crippen molar-refractivity contribution in [3.05, 3.63) is 34.9 Å². The van der Waals surface area contributed by atoms with Crippen LogP contribution in [0, 0.1) is 0 Å². The van der Waals surface area contributed by atoms with E-state index in [1.54, 1.807) is 24.3 Å². The van der Waals surface area contributed by atoms with Crippen molar-refractivity contribution >= 4 is 21.6 Å². The summed E-state index contributed by atoms with van der Waals surface area (Å²) >= 11 is 5.92. The van der Waals surface area contributed by atoms with E-state index in [0.717, 1.165) is 0 Å². The first kappa shape index (κ1) is 15.4. The fourth-order valence-electron chi connectivity index (χ4n) is 1.36. The largest absolute Gasteiger partial charge is 0.377 e. The summed E-state index contributed by atoms with van der Waals surface area (Å²) in [5.41, 5.74) is 0.594. The highest BCUT2D eigenvalue weighted by molar-refractivity contribution is 7.88. The van der Waals surface area contributed by atoms with E-state index in [2.05, 4.69) is 4.72 Å². The van der Waals surface area contributed by atoms with Crippen molar-refractivity contribution in [1.82, 2.24) is 4.72 Å². The van der Waals surface area contributed by atoms with E-state index in [-0.39, 0.29) is 18.4 Å². The van der Waals surface area contributed by atoms with Crippen molar-refractivity contribution in [2.24, 2.45) is 0 Å². The van der Waals surface area contributed by atoms with E-state index in [0.29, 0.717) is 17.2 Å². The second-order valence-electron chi connectivity index (χ2n) is 4.16. The molecule has 0 aliphatic carbocycles. The zero-order valence-corrected chi connectivity index (χ0v) is 12.1. The maximum atomic E-state index is 11.8. The minimum absolute atomic E-state index is 0.0954. The topological polar surface area (TPSA) is 55.4 Å². The Hall–Kier alpha value is -0.620. The van der Waals surface area contributed by atoms with Gasteiger partial charge in [0.1, 0.15) is 0 Å². The van der Waals surface area contributed by atoms with Crippen LogP contribution in [0.3, 0.4) is 0 Å². The fraction of sp³-hybridized carbons (Fsp3) is 0.500. The molecule has 0 unspecified atom stereocenters.